The van der Waals surface area contributed by atoms with Gasteiger partial charge in [0.1, 0.15) is 23.2 Å². The molecule has 0 amide bonds. The fourth-order valence-electron chi connectivity index (χ4n) is 4.54. The van der Waals surface area contributed by atoms with Gasteiger partial charge in [-0.15, -0.1) is 0 Å². The standard InChI is InChI=1S/C24H27NO7/c1-24(12-30-13-24)21-17-11-18(23(27)28)22(26)25(14-4-5-14)20(17)16-7-6-15(10-19(16)32-21)31-9-3-8-29-2/h6-7,10-11,14,21H,3-5,8-9,12-13H2,1-2H3,(H,27,28). The van der Waals surface area contributed by atoms with Crippen LogP contribution in [0.4, 0.5) is 0 Å². The third-order valence-electron chi connectivity index (χ3n) is 6.40. The largest absolute Gasteiger partial charge is 0.493 e. The van der Waals surface area contributed by atoms with Crippen molar-refractivity contribution in [2.75, 3.05) is 33.5 Å². The number of pyridine rings is 1. The summed E-state index contributed by atoms with van der Waals surface area (Å²) in [5.74, 6) is 0.0999. The van der Waals surface area contributed by atoms with Crippen LogP contribution in [0.2, 0.25) is 0 Å². The Bertz CT molecular complexity index is 1110. The van der Waals surface area contributed by atoms with E-state index in [9.17, 15) is 14.7 Å². The maximum Gasteiger partial charge on any atom is 0.341 e. The van der Waals surface area contributed by atoms with Gasteiger partial charge in [-0.25, -0.2) is 4.79 Å². The van der Waals surface area contributed by atoms with Crippen molar-refractivity contribution in [2.45, 2.75) is 38.3 Å². The fourth-order valence-corrected chi connectivity index (χ4v) is 4.54. The average molecular weight is 441 g/mol. The van der Waals surface area contributed by atoms with E-state index in [0.29, 0.717) is 37.9 Å². The molecule has 5 rings (SSSR count). The molecule has 1 aromatic heterocycles. The fraction of sp³-hybridized carbons (Fsp3) is 0.500. The Morgan fingerprint density at radius 1 is 1.25 bits per heavy atom. The first-order chi connectivity index (χ1) is 15.4. The summed E-state index contributed by atoms with van der Waals surface area (Å²) in [7, 11) is 1.66. The Morgan fingerprint density at radius 2 is 2.03 bits per heavy atom. The zero-order chi connectivity index (χ0) is 22.5. The lowest BCUT2D eigenvalue weighted by molar-refractivity contribution is -0.156. The van der Waals surface area contributed by atoms with Crippen molar-refractivity contribution < 1.29 is 28.8 Å². The van der Waals surface area contributed by atoms with E-state index in [0.717, 1.165) is 36.1 Å². The minimum Gasteiger partial charge on any atom is -0.493 e. The van der Waals surface area contributed by atoms with E-state index in [1.54, 1.807) is 11.7 Å². The van der Waals surface area contributed by atoms with Gasteiger partial charge in [-0.2, -0.15) is 0 Å². The van der Waals surface area contributed by atoms with Gasteiger partial charge in [-0.3, -0.25) is 4.79 Å². The van der Waals surface area contributed by atoms with E-state index in [2.05, 4.69) is 6.92 Å². The number of aromatic carboxylic acids is 1. The van der Waals surface area contributed by atoms with Gasteiger partial charge < -0.3 is 28.6 Å². The SMILES string of the molecule is COCCCOc1ccc2c(c1)OC(C1(C)COC1)c1cc(C(=O)O)c(=O)n(C3CC3)c1-2. The van der Waals surface area contributed by atoms with Crippen LogP contribution in [0.25, 0.3) is 11.3 Å². The van der Waals surface area contributed by atoms with Crippen LogP contribution in [0.5, 0.6) is 11.5 Å². The second-order valence-electron chi connectivity index (χ2n) is 9.07. The summed E-state index contributed by atoms with van der Waals surface area (Å²) in [5, 5.41) is 9.70. The first kappa shape index (κ1) is 21.0. The molecule has 0 bridgehead atoms. The number of ether oxygens (including phenoxy) is 4. The van der Waals surface area contributed by atoms with Gasteiger partial charge in [0.2, 0.25) is 0 Å². The maximum absolute atomic E-state index is 13.2. The van der Waals surface area contributed by atoms with Crippen LogP contribution >= 0.6 is 0 Å². The summed E-state index contributed by atoms with van der Waals surface area (Å²) in [4.78, 5) is 25.0. The Kier molecular flexibility index (Phi) is 5.22. The number of rotatable bonds is 8. The van der Waals surface area contributed by atoms with Gasteiger partial charge in [0, 0.05) is 43.4 Å². The molecule has 2 fully saturated rings. The minimum atomic E-state index is -1.22. The lowest BCUT2D eigenvalue weighted by atomic mass is 9.76. The summed E-state index contributed by atoms with van der Waals surface area (Å²) in [5.41, 5.74) is 1.29. The van der Waals surface area contributed by atoms with Gasteiger partial charge in [0.05, 0.1) is 30.9 Å². The van der Waals surface area contributed by atoms with Crippen molar-refractivity contribution in [1.82, 2.24) is 4.57 Å². The Balaban J connectivity index is 1.64. The summed E-state index contributed by atoms with van der Waals surface area (Å²) < 4.78 is 24.6. The minimum absolute atomic E-state index is 0.0116. The molecule has 1 aromatic carbocycles. The maximum atomic E-state index is 13.2. The van der Waals surface area contributed by atoms with Crippen LogP contribution in [0.1, 0.15) is 54.3 Å². The van der Waals surface area contributed by atoms with E-state index in [1.807, 2.05) is 18.2 Å². The normalized spacial score (nSPS) is 20.5. The molecule has 2 aliphatic heterocycles. The molecule has 170 valence electrons. The van der Waals surface area contributed by atoms with E-state index in [4.69, 9.17) is 18.9 Å². The smallest absolute Gasteiger partial charge is 0.341 e. The van der Waals surface area contributed by atoms with E-state index in [1.165, 1.54) is 6.07 Å². The highest BCUT2D eigenvalue weighted by atomic mass is 16.5. The lowest BCUT2D eigenvalue weighted by Gasteiger charge is -2.46. The van der Waals surface area contributed by atoms with Crippen molar-refractivity contribution in [3.63, 3.8) is 0 Å². The van der Waals surface area contributed by atoms with Gasteiger partial charge in [0.15, 0.2) is 0 Å². The highest BCUT2D eigenvalue weighted by Gasteiger charge is 2.48. The number of fused-ring (bicyclic) bond motifs is 3. The predicted molar refractivity (Wildman–Crippen MR) is 116 cm³/mol. The molecule has 1 saturated heterocycles. The van der Waals surface area contributed by atoms with Gasteiger partial charge in [0.25, 0.3) is 5.56 Å². The van der Waals surface area contributed by atoms with E-state index >= 15 is 0 Å². The zero-order valence-electron chi connectivity index (χ0n) is 18.3. The van der Waals surface area contributed by atoms with Crippen LogP contribution in [0.15, 0.2) is 29.1 Å². The molecule has 0 radical (unpaired) electrons. The molecule has 32 heavy (non-hydrogen) atoms. The monoisotopic (exact) mass is 441 g/mol. The summed E-state index contributed by atoms with van der Waals surface area (Å²) in [6.07, 6.45) is 2.06. The molecule has 8 heteroatoms. The molecule has 1 aliphatic carbocycles. The van der Waals surface area contributed by atoms with Crippen LogP contribution in [-0.2, 0) is 9.47 Å². The van der Waals surface area contributed by atoms with Crippen LogP contribution in [-0.4, -0.2) is 49.2 Å². The van der Waals surface area contributed by atoms with Crippen molar-refractivity contribution >= 4 is 5.97 Å². The van der Waals surface area contributed by atoms with Crippen LogP contribution in [0.3, 0.4) is 0 Å². The molecule has 3 heterocycles. The first-order valence-corrected chi connectivity index (χ1v) is 11.0. The van der Waals surface area contributed by atoms with Crippen LogP contribution in [0, 0.1) is 5.41 Å². The van der Waals surface area contributed by atoms with Crippen molar-refractivity contribution in [2.24, 2.45) is 5.41 Å². The molecule has 0 spiro atoms. The van der Waals surface area contributed by atoms with Crippen LogP contribution < -0.4 is 15.0 Å². The Morgan fingerprint density at radius 3 is 2.66 bits per heavy atom. The number of hydrogen-bond donors (Lipinski definition) is 1. The van der Waals surface area contributed by atoms with Crippen molar-refractivity contribution in [3.8, 4) is 22.8 Å². The second kappa shape index (κ2) is 7.94. The Labute approximate surface area is 185 Å². The molecule has 3 aliphatic rings. The summed E-state index contributed by atoms with van der Waals surface area (Å²) in [6, 6.07) is 7.13. The predicted octanol–water partition coefficient (Wildman–Crippen LogP) is 3.43. The average Bonchev–Trinajstić information content (AvgIpc) is 3.58. The number of carbonyl (C=O) groups is 1. The number of nitrogens with zero attached hydrogens (tertiary/aromatic N) is 1. The molecular formula is C24H27NO7. The molecule has 1 atom stereocenters. The second-order valence-corrected chi connectivity index (χ2v) is 9.07. The lowest BCUT2D eigenvalue weighted by Crippen LogP contribution is -2.48. The highest BCUT2D eigenvalue weighted by Crippen LogP contribution is 2.53. The zero-order valence-corrected chi connectivity index (χ0v) is 18.3. The number of aromatic nitrogens is 1. The first-order valence-electron chi connectivity index (χ1n) is 11.0. The summed E-state index contributed by atoms with van der Waals surface area (Å²) >= 11 is 0. The van der Waals surface area contributed by atoms with E-state index in [-0.39, 0.29) is 17.0 Å². The topological polar surface area (TPSA) is 96.2 Å². The van der Waals surface area contributed by atoms with Gasteiger partial charge in [-0.1, -0.05) is 6.92 Å². The number of hydrogen-bond acceptors (Lipinski definition) is 6. The molecular weight excluding hydrogens is 414 g/mol. The Hall–Kier alpha value is -2.84. The quantitative estimate of drug-likeness (QED) is 0.627. The third kappa shape index (κ3) is 3.47. The third-order valence-corrected chi connectivity index (χ3v) is 6.40. The molecule has 1 saturated carbocycles. The van der Waals surface area contributed by atoms with Crippen molar-refractivity contribution in [1.29, 1.82) is 0 Å². The summed E-state index contributed by atoms with van der Waals surface area (Å²) in [6.45, 7) is 4.21. The highest BCUT2D eigenvalue weighted by molar-refractivity contribution is 5.89. The molecule has 1 N–H and O–H groups in total. The number of carboxylic acids is 1. The number of benzene rings is 1. The molecule has 1 unspecified atom stereocenters. The molecule has 2 aromatic rings. The van der Waals surface area contributed by atoms with Crippen molar-refractivity contribution in [3.05, 3.63) is 45.7 Å². The van der Waals surface area contributed by atoms with E-state index < -0.39 is 17.6 Å². The van der Waals surface area contributed by atoms with Gasteiger partial charge in [-0.05, 0) is 31.0 Å². The molecule has 8 nitrogen and oxygen atoms in total. The van der Waals surface area contributed by atoms with Gasteiger partial charge >= 0.3 is 5.97 Å². The number of methoxy groups -OCH3 is 1. The number of carboxylic acid groups (broad SMARTS) is 1.